The first-order valence-corrected chi connectivity index (χ1v) is 7.22. The largest absolute Gasteiger partial charge is 0.381 e. The minimum Gasteiger partial charge on any atom is -0.381 e. The molecule has 0 unspecified atom stereocenters. The first-order valence-electron chi connectivity index (χ1n) is 7.22. The number of non-ortho nitro benzene ring substituents is 1. The molecule has 0 saturated carbocycles. The molecule has 1 aliphatic rings. The molecule has 1 fully saturated rings. The Bertz CT molecular complexity index is 427. The Morgan fingerprint density at radius 2 is 2.15 bits per heavy atom. The quantitative estimate of drug-likeness (QED) is 0.568. The third-order valence-corrected chi connectivity index (χ3v) is 3.85. The highest BCUT2D eigenvalue weighted by atomic mass is 16.6. The van der Waals surface area contributed by atoms with Crippen molar-refractivity contribution in [1.82, 2.24) is 4.90 Å². The van der Waals surface area contributed by atoms with Gasteiger partial charge in [0.15, 0.2) is 0 Å². The average Bonchev–Trinajstić information content (AvgIpc) is 2.96. The summed E-state index contributed by atoms with van der Waals surface area (Å²) in [7, 11) is 0. The van der Waals surface area contributed by atoms with Crippen molar-refractivity contribution in [2.75, 3.05) is 32.8 Å². The standard InChI is InChI=1S/C15H22N2O3/c1-2-16(11-14-8-10-20-12-14)9-7-13-3-5-15(6-4-13)17(18)19/h3-6,14H,2,7-12H2,1H3/t14-/m1/s1. The summed E-state index contributed by atoms with van der Waals surface area (Å²) in [5.74, 6) is 0.659. The van der Waals surface area contributed by atoms with Crippen LogP contribution in [0.15, 0.2) is 24.3 Å². The second-order valence-electron chi connectivity index (χ2n) is 5.30. The Kier molecular flexibility index (Phi) is 5.49. The topological polar surface area (TPSA) is 55.6 Å². The van der Waals surface area contributed by atoms with Crippen LogP contribution in [0.25, 0.3) is 0 Å². The molecule has 0 spiro atoms. The third kappa shape index (κ3) is 4.28. The van der Waals surface area contributed by atoms with Crippen LogP contribution in [0, 0.1) is 16.0 Å². The summed E-state index contributed by atoms with van der Waals surface area (Å²) in [4.78, 5) is 12.7. The summed E-state index contributed by atoms with van der Waals surface area (Å²) in [6.45, 7) is 7.06. The van der Waals surface area contributed by atoms with Crippen LogP contribution in [-0.4, -0.2) is 42.7 Å². The predicted octanol–water partition coefficient (Wildman–Crippen LogP) is 2.50. The highest BCUT2D eigenvalue weighted by molar-refractivity contribution is 5.32. The molecule has 0 bridgehead atoms. The molecule has 1 aromatic carbocycles. The van der Waals surface area contributed by atoms with E-state index in [9.17, 15) is 10.1 Å². The van der Waals surface area contributed by atoms with Gasteiger partial charge in [-0.1, -0.05) is 19.1 Å². The van der Waals surface area contributed by atoms with Crippen LogP contribution in [0.4, 0.5) is 5.69 Å². The molecule has 0 aromatic heterocycles. The number of rotatable bonds is 7. The summed E-state index contributed by atoms with van der Waals surface area (Å²) < 4.78 is 5.41. The monoisotopic (exact) mass is 278 g/mol. The molecular weight excluding hydrogens is 256 g/mol. The fraction of sp³-hybridized carbons (Fsp3) is 0.600. The van der Waals surface area contributed by atoms with Gasteiger partial charge in [0.25, 0.3) is 5.69 Å². The molecule has 5 heteroatoms. The van der Waals surface area contributed by atoms with Crippen LogP contribution in [-0.2, 0) is 11.2 Å². The normalized spacial score (nSPS) is 18.6. The minimum absolute atomic E-state index is 0.157. The van der Waals surface area contributed by atoms with Gasteiger partial charge in [0.2, 0.25) is 0 Å². The molecule has 1 atom stereocenters. The maximum atomic E-state index is 10.6. The van der Waals surface area contributed by atoms with E-state index in [0.717, 1.165) is 51.3 Å². The van der Waals surface area contributed by atoms with Crippen LogP contribution < -0.4 is 0 Å². The first kappa shape index (κ1) is 14.9. The number of likely N-dealkylation sites (N-methyl/N-ethyl adjacent to an activating group) is 1. The Balaban J connectivity index is 1.81. The zero-order valence-corrected chi connectivity index (χ0v) is 12.0. The molecule has 2 rings (SSSR count). The zero-order valence-electron chi connectivity index (χ0n) is 12.0. The van der Waals surface area contributed by atoms with Crippen molar-refractivity contribution in [2.24, 2.45) is 5.92 Å². The van der Waals surface area contributed by atoms with Crippen LogP contribution in [0.5, 0.6) is 0 Å². The smallest absolute Gasteiger partial charge is 0.269 e. The van der Waals surface area contributed by atoms with Crippen molar-refractivity contribution in [2.45, 2.75) is 19.8 Å². The number of ether oxygens (including phenoxy) is 1. The molecule has 0 N–H and O–H groups in total. The summed E-state index contributed by atoms with van der Waals surface area (Å²) in [5.41, 5.74) is 1.31. The van der Waals surface area contributed by atoms with Gasteiger partial charge < -0.3 is 9.64 Å². The van der Waals surface area contributed by atoms with Crippen molar-refractivity contribution in [3.63, 3.8) is 0 Å². The molecule has 110 valence electrons. The van der Waals surface area contributed by atoms with Gasteiger partial charge in [0, 0.05) is 31.8 Å². The summed E-state index contributed by atoms with van der Waals surface area (Å²) in [6.07, 6.45) is 2.09. The number of nitro benzene ring substituents is 1. The van der Waals surface area contributed by atoms with E-state index in [-0.39, 0.29) is 10.6 Å². The van der Waals surface area contributed by atoms with Crippen molar-refractivity contribution < 1.29 is 9.66 Å². The highest BCUT2D eigenvalue weighted by Crippen LogP contribution is 2.15. The summed E-state index contributed by atoms with van der Waals surface area (Å²) in [6, 6.07) is 6.86. The number of benzene rings is 1. The van der Waals surface area contributed by atoms with E-state index in [0.29, 0.717) is 5.92 Å². The molecule has 0 amide bonds. The van der Waals surface area contributed by atoms with E-state index in [1.54, 1.807) is 12.1 Å². The fourth-order valence-electron chi connectivity index (χ4n) is 2.54. The molecule has 0 radical (unpaired) electrons. The van der Waals surface area contributed by atoms with E-state index in [4.69, 9.17) is 4.74 Å². The molecule has 1 aromatic rings. The van der Waals surface area contributed by atoms with Gasteiger partial charge >= 0.3 is 0 Å². The van der Waals surface area contributed by atoms with Gasteiger partial charge in [-0.25, -0.2) is 0 Å². The maximum Gasteiger partial charge on any atom is 0.269 e. The summed E-state index contributed by atoms with van der Waals surface area (Å²) >= 11 is 0. The number of hydrogen-bond donors (Lipinski definition) is 0. The van der Waals surface area contributed by atoms with Crippen LogP contribution >= 0.6 is 0 Å². The second-order valence-corrected chi connectivity index (χ2v) is 5.30. The SMILES string of the molecule is CCN(CCc1ccc([N+](=O)[O-])cc1)C[C@H]1CCOC1. The predicted molar refractivity (Wildman–Crippen MR) is 77.8 cm³/mol. The Morgan fingerprint density at radius 1 is 1.40 bits per heavy atom. The van der Waals surface area contributed by atoms with E-state index < -0.39 is 0 Å². The van der Waals surface area contributed by atoms with Gasteiger partial charge in [-0.2, -0.15) is 0 Å². The van der Waals surface area contributed by atoms with E-state index >= 15 is 0 Å². The minimum atomic E-state index is -0.359. The van der Waals surface area contributed by atoms with E-state index in [2.05, 4.69) is 11.8 Å². The number of nitrogens with zero attached hydrogens (tertiary/aromatic N) is 2. The molecule has 1 saturated heterocycles. The highest BCUT2D eigenvalue weighted by Gasteiger charge is 2.18. The van der Waals surface area contributed by atoms with Gasteiger partial charge in [-0.05, 0) is 30.9 Å². The Labute approximate surface area is 119 Å². The average molecular weight is 278 g/mol. The van der Waals surface area contributed by atoms with Crippen molar-refractivity contribution in [3.05, 3.63) is 39.9 Å². The van der Waals surface area contributed by atoms with Gasteiger partial charge in [-0.15, -0.1) is 0 Å². The lowest BCUT2D eigenvalue weighted by molar-refractivity contribution is -0.384. The molecule has 5 nitrogen and oxygen atoms in total. The molecular formula is C15H22N2O3. The van der Waals surface area contributed by atoms with E-state index in [1.165, 1.54) is 0 Å². The molecule has 20 heavy (non-hydrogen) atoms. The summed E-state index contributed by atoms with van der Waals surface area (Å²) in [5, 5.41) is 10.6. The number of nitro groups is 1. The molecule has 1 aliphatic heterocycles. The van der Waals surface area contributed by atoms with Crippen molar-refractivity contribution in [1.29, 1.82) is 0 Å². The first-order chi connectivity index (χ1) is 9.69. The van der Waals surface area contributed by atoms with Gasteiger partial charge in [0.1, 0.15) is 0 Å². The van der Waals surface area contributed by atoms with Gasteiger partial charge in [0.05, 0.1) is 11.5 Å². The lowest BCUT2D eigenvalue weighted by atomic mass is 10.1. The second kappa shape index (κ2) is 7.36. The van der Waals surface area contributed by atoms with Crippen molar-refractivity contribution >= 4 is 5.69 Å². The third-order valence-electron chi connectivity index (χ3n) is 3.85. The maximum absolute atomic E-state index is 10.6. The van der Waals surface area contributed by atoms with Crippen LogP contribution in [0.3, 0.4) is 0 Å². The molecule has 1 heterocycles. The van der Waals surface area contributed by atoms with Crippen LogP contribution in [0.1, 0.15) is 18.9 Å². The lowest BCUT2D eigenvalue weighted by Gasteiger charge is -2.23. The Hall–Kier alpha value is -1.46. The zero-order chi connectivity index (χ0) is 14.4. The van der Waals surface area contributed by atoms with Gasteiger partial charge in [-0.3, -0.25) is 10.1 Å². The van der Waals surface area contributed by atoms with Crippen LogP contribution in [0.2, 0.25) is 0 Å². The molecule has 0 aliphatic carbocycles. The lowest BCUT2D eigenvalue weighted by Crippen LogP contribution is -2.31. The number of hydrogen-bond acceptors (Lipinski definition) is 4. The Morgan fingerprint density at radius 3 is 2.70 bits per heavy atom. The van der Waals surface area contributed by atoms with E-state index in [1.807, 2.05) is 12.1 Å². The fourth-order valence-corrected chi connectivity index (χ4v) is 2.54. The van der Waals surface area contributed by atoms with Crippen molar-refractivity contribution in [3.8, 4) is 0 Å².